The van der Waals surface area contributed by atoms with Crippen LogP contribution in [-0.4, -0.2) is 29.7 Å². The maximum atomic E-state index is 13.8. The Morgan fingerprint density at radius 2 is 2.00 bits per heavy atom. The standard InChI is InChI=1S/C16H18FN3O3/c1-11(9-15(21)23-2)18-16(22)19-14-10-12(5-6-13(14)17)20-7-3-4-8-20/h3-8,10-11H,9H2,1-2H3,(H2,18,19,22). The number of nitrogens with zero attached hydrogens (tertiary/aromatic N) is 1. The van der Waals surface area contributed by atoms with E-state index >= 15 is 0 Å². The molecule has 23 heavy (non-hydrogen) atoms. The van der Waals surface area contributed by atoms with E-state index in [2.05, 4.69) is 15.4 Å². The Morgan fingerprint density at radius 1 is 1.30 bits per heavy atom. The Morgan fingerprint density at radius 3 is 2.65 bits per heavy atom. The third-order valence-electron chi connectivity index (χ3n) is 3.18. The first kappa shape index (κ1) is 16.5. The highest BCUT2D eigenvalue weighted by molar-refractivity contribution is 5.90. The van der Waals surface area contributed by atoms with Gasteiger partial charge in [-0.2, -0.15) is 0 Å². The summed E-state index contributed by atoms with van der Waals surface area (Å²) < 4.78 is 20.2. The number of rotatable bonds is 5. The molecule has 1 aromatic heterocycles. The minimum absolute atomic E-state index is 0.0375. The average molecular weight is 319 g/mol. The summed E-state index contributed by atoms with van der Waals surface area (Å²) in [6, 6.07) is 7.08. The first-order valence-corrected chi connectivity index (χ1v) is 7.07. The largest absolute Gasteiger partial charge is 0.469 e. The Hall–Kier alpha value is -2.83. The summed E-state index contributed by atoms with van der Waals surface area (Å²) in [7, 11) is 1.28. The molecule has 0 spiro atoms. The minimum Gasteiger partial charge on any atom is -0.469 e. The van der Waals surface area contributed by atoms with Gasteiger partial charge >= 0.3 is 12.0 Å². The summed E-state index contributed by atoms with van der Waals surface area (Å²) in [5.41, 5.74) is 0.772. The Bertz CT molecular complexity index is 686. The zero-order chi connectivity index (χ0) is 16.8. The number of nitrogens with one attached hydrogen (secondary N) is 2. The number of amides is 2. The molecule has 0 aliphatic rings. The Kier molecular flexibility index (Phi) is 5.35. The molecule has 0 bridgehead atoms. The molecule has 1 heterocycles. The number of esters is 1. The van der Waals surface area contributed by atoms with Crippen LogP contribution in [0.15, 0.2) is 42.7 Å². The van der Waals surface area contributed by atoms with Crippen LogP contribution in [0.5, 0.6) is 0 Å². The van der Waals surface area contributed by atoms with E-state index in [-0.39, 0.29) is 12.1 Å². The van der Waals surface area contributed by atoms with Gasteiger partial charge in [0.25, 0.3) is 0 Å². The van der Waals surface area contributed by atoms with E-state index in [9.17, 15) is 14.0 Å². The second-order valence-corrected chi connectivity index (χ2v) is 5.03. The number of urea groups is 1. The number of anilines is 1. The van der Waals surface area contributed by atoms with Crippen molar-refractivity contribution >= 4 is 17.7 Å². The zero-order valence-electron chi connectivity index (χ0n) is 12.9. The number of carbonyl (C=O) groups is 2. The third-order valence-corrected chi connectivity index (χ3v) is 3.18. The first-order valence-electron chi connectivity index (χ1n) is 7.07. The van der Waals surface area contributed by atoms with Gasteiger partial charge in [0.15, 0.2) is 0 Å². The second kappa shape index (κ2) is 7.44. The zero-order valence-corrected chi connectivity index (χ0v) is 12.9. The summed E-state index contributed by atoms with van der Waals surface area (Å²) >= 11 is 0. The van der Waals surface area contributed by atoms with Crippen LogP contribution in [0.3, 0.4) is 0 Å². The predicted molar refractivity (Wildman–Crippen MR) is 84.0 cm³/mol. The van der Waals surface area contributed by atoms with Gasteiger partial charge < -0.3 is 19.9 Å². The van der Waals surface area contributed by atoms with E-state index in [1.54, 1.807) is 17.6 Å². The second-order valence-electron chi connectivity index (χ2n) is 5.03. The van der Waals surface area contributed by atoms with Gasteiger partial charge in [0.1, 0.15) is 5.82 Å². The highest BCUT2D eigenvalue weighted by atomic mass is 19.1. The maximum Gasteiger partial charge on any atom is 0.319 e. The van der Waals surface area contributed by atoms with E-state index in [0.29, 0.717) is 5.69 Å². The van der Waals surface area contributed by atoms with E-state index in [1.165, 1.54) is 19.2 Å². The highest BCUT2D eigenvalue weighted by Gasteiger charge is 2.14. The van der Waals surface area contributed by atoms with Crippen LogP contribution in [-0.2, 0) is 9.53 Å². The van der Waals surface area contributed by atoms with E-state index < -0.39 is 23.9 Å². The summed E-state index contributed by atoms with van der Waals surface area (Å²) in [6.07, 6.45) is 3.67. The topological polar surface area (TPSA) is 72.4 Å². The van der Waals surface area contributed by atoms with Gasteiger partial charge in [-0.05, 0) is 37.3 Å². The average Bonchev–Trinajstić information content (AvgIpc) is 3.03. The molecule has 122 valence electrons. The van der Waals surface area contributed by atoms with Crippen molar-refractivity contribution in [2.75, 3.05) is 12.4 Å². The normalized spacial score (nSPS) is 11.6. The van der Waals surface area contributed by atoms with Gasteiger partial charge in [-0.25, -0.2) is 9.18 Å². The number of methoxy groups -OCH3 is 1. The molecule has 1 unspecified atom stereocenters. The number of ether oxygens (including phenoxy) is 1. The van der Waals surface area contributed by atoms with E-state index in [1.807, 2.05) is 24.5 Å². The van der Waals surface area contributed by atoms with Crippen LogP contribution in [0.1, 0.15) is 13.3 Å². The van der Waals surface area contributed by atoms with Crippen LogP contribution in [0.2, 0.25) is 0 Å². The number of aromatic nitrogens is 1. The summed E-state index contributed by atoms with van der Waals surface area (Å²) in [5.74, 6) is -0.977. The van der Waals surface area contributed by atoms with Gasteiger partial charge in [0.05, 0.1) is 19.2 Å². The molecule has 0 saturated heterocycles. The fraction of sp³-hybridized carbons (Fsp3) is 0.250. The number of carbonyl (C=O) groups excluding carboxylic acids is 2. The summed E-state index contributed by atoms with van der Waals surface area (Å²) in [6.45, 7) is 1.66. The molecule has 2 rings (SSSR count). The van der Waals surface area contributed by atoms with Crippen molar-refractivity contribution in [3.05, 3.63) is 48.5 Å². The lowest BCUT2D eigenvalue weighted by atomic mass is 10.2. The fourth-order valence-electron chi connectivity index (χ4n) is 2.04. The molecule has 0 aliphatic carbocycles. The molecular weight excluding hydrogens is 301 g/mol. The molecular formula is C16H18FN3O3. The maximum absolute atomic E-state index is 13.8. The van der Waals surface area contributed by atoms with E-state index in [4.69, 9.17) is 0 Å². The lowest BCUT2D eigenvalue weighted by Crippen LogP contribution is -2.37. The van der Waals surface area contributed by atoms with Gasteiger partial charge in [0.2, 0.25) is 0 Å². The molecule has 7 heteroatoms. The van der Waals surface area contributed by atoms with Crippen molar-refractivity contribution in [3.8, 4) is 5.69 Å². The molecule has 0 radical (unpaired) electrons. The van der Waals surface area contributed by atoms with Gasteiger partial charge in [-0.15, -0.1) is 0 Å². The molecule has 2 amide bonds. The van der Waals surface area contributed by atoms with Crippen LogP contribution < -0.4 is 10.6 Å². The van der Waals surface area contributed by atoms with Crippen molar-refractivity contribution in [1.82, 2.24) is 9.88 Å². The molecule has 2 aromatic rings. The van der Waals surface area contributed by atoms with Gasteiger partial charge in [-0.3, -0.25) is 4.79 Å². The number of benzene rings is 1. The number of hydrogen-bond acceptors (Lipinski definition) is 3. The Balaban J connectivity index is 2.03. The monoisotopic (exact) mass is 319 g/mol. The molecule has 0 saturated carbocycles. The van der Waals surface area contributed by atoms with Crippen molar-refractivity contribution in [2.24, 2.45) is 0 Å². The van der Waals surface area contributed by atoms with Crippen LogP contribution in [0, 0.1) is 5.82 Å². The summed E-state index contributed by atoms with van der Waals surface area (Å²) in [4.78, 5) is 23.0. The molecule has 1 atom stereocenters. The van der Waals surface area contributed by atoms with Crippen molar-refractivity contribution in [2.45, 2.75) is 19.4 Å². The number of hydrogen-bond donors (Lipinski definition) is 2. The van der Waals surface area contributed by atoms with E-state index in [0.717, 1.165) is 0 Å². The third kappa shape index (κ3) is 4.57. The minimum atomic E-state index is -0.593. The van der Waals surface area contributed by atoms with Crippen molar-refractivity contribution in [3.63, 3.8) is 0 Å². The van der Waals surface area contributed by atoms with Crippen LogP contribution >= 0.6 is 0 Å². The lowest BCUT2D eigenvalue weighted by Gasteiger charge is -2.14. The predicted octanol–water partition coefficient (Wildman–Crippen LogP) is 2.69. The molecule has 2 N–H and O–H groups in total. The summed E-state index contributed by atoms with van der Waals surface area (Å²) in [5, 5.41) is 4.99. The Labute approximate surface area is 133 Å². The van der Waals surface area contributed by atoms with Crippen LogP contribution in [0.4, 0.5) is 14.9 Å². The lowest BCUT2D eigenvalue weighted by molar-refractivity contribution is -0.141. The van der Waals surface area contributed by atoms with Gasteiger partial charge in [-0.1, -0.05) is 0 Å². The molecule has 6 nitrogen and oxygen atoms in total. The van der Waals surface area contributed by atoms with Gasteiger partial charge in [0, 0.05) is 24.1 Å². The van der Waals surface area contributed by atoms with Crippen molar-refractivity contribution < 1.29 is 18.7 Å². The number of halogens is 1. The van der Waals surface area contributed by atoms with Crippen LogP contribution in [0.25, 0.3) is 5.69 Å². The quantitative estimate of drug-likeness (QED) is 0.832. The highest BCUT2D eigenvalue weighted by Crippen LogP contribution is 2.19. The fourth-order valence-corrected chi connectivity index (χ4v) is 2.04. The first-order chi connectivity index (χ1) is 11.0. The molecule has 1 aromatic carbocycles. The SMILES string of the molecule is COC(=O)CC(C)NC(=O)Nc1cc(-n2cccc2)ccc1F. The molecule has 0 aliphatic heterocycles. The smallest absolute Gasteiger partial charge is 0.319 e. The molecule has 0 fully saturated rings. The van der Waals surface area contributed by atoms with Crippen molar-refractivity contribution in [1.29, 1.82) is 0 Å².